The van der Waals surface area contributed by atoms with Crippen molar-refractivity contribution in [3.63, 3.8) is 0 Å². The van der Waals surface area contributed by atoms with Gasteiger partial charge in [0.2, 0.25) is 5.91 Å². The number of rotatable bonds is 2. The fourth-order valence-corrected chi connectivity index (χ4v) is 3.45. The molecule has 2 saturated carbocycles. The smallest absolute Gasteiger partial charge is 0.307 e. The molecule has 2 aliphatic carbocycles. The van der Waals surface area contributed by atoms with Gasteiger partial charge in [0.15, 0.2) is 0 Å². The summed E-state index contributed by atoms with van der Waals surface area (Å²) in [5.74, 6) is -1.63. The molecule has 18 heavy (non-hydrogen) atoms. The van der Waals surface area contributed by atoms with E-state index in [4.69, 9.17) is 9.84 Å². The lowest BCUT2D eigenvalue weighted by molar-refractivity contribution is -0.154. The van der Waals surface area contributed by atoms with E-state index in [2.05, 4.69) is 0 Å². The van der Waals surface area contributed by atoms with Crippen LogP contribution in [0.25, 0.3) is 0 Å². The number of hydrogen-bond acceptors (Lipinski definition) is 3. The van der Waals surface area contributed by atoms with E-state index in [1.165, 1.54) is 0 Å². The lowest BCUT2D eigenvalue weighted by Crippen LogP contribution is -2.47. The Morgan fingerprint density at radius 1 is 1.28 bits per heavy atom. The van der Waals surface area contributed by atoms with Crippen molar-refractivity contribution >= 4 is 11.9 Å². The van der Waals surface area contributed by atoms with Crippen molar-refractivity contribution in [2.45, 2.75) is 50.9 Å². The lowest BCUT2D eigenvalue weighted by Gasteiger charge is -2.33. The standard InChI is InChI=1S/C13H19NO4/c1-8-7-14(13(18-8)4-2-3-5-13)11(15)9-6-10(9)12(16)17/h8-10H,2-7H2,1H3,(H,16,17)/t8?,9-,10+/m1/s1. The summed E-state index contributed by atoms with van der Waals surface area (Å²) in [6.45, 7) is 2.59. The van der Waals surface area contributed by atoms with Crippen LogP contribution in [0.15, 0.2) is 0 Å². The second kappa shape index (κ2) is 3.95. The van der Waals surface area contributed by atoms with Crippen molar-refractivity contribution in [2.75, 3.05) is 6.54 Å². The molecule has 0 radical (unpaired) electrons. The van der Waals surface area contributed by atoms with Crippen LogP contribution in [0, 0.1) is 11.8 Å². The zero-order valence-electron chi connectivity index (χ0n) is 10.6. The summed E-state index contributed by atoms with van der Waals surface area (Å²) >= 11 is 0. The summed E-state index contributed by atoms with van der Waals surface area (Å²) < 4.78 is 5.97. The van der Waals surface area contributed by atoms with Gasteiger partial charge in [-0.3, -0.25) is 9.59 Å². The van der Waals surface area contributed by atoms with Crippen molar-refractivity contribution in [1.82, 2.24) is 4.90 Å². The SMILES string of the molecule is CC1CN(C(=O)[C@@H]2C[C@@H]2C(=O)O)C2(CCCC2)O1. The number of amides is 1. The van der Waals surface area contributed by atoms with Gasteiger partial charge in [0, 0.05) is 6.54 Å². The zero-order chi connectivity index (χ0) is 12.9. The van der Waals surface area contributed by atoms with E-state index in [0.717, 1.165) is 25.7 Å². The van der Waals surface area contributed by atoms with Gasteiger partial charge in [-0.05, 0) is 39.0 Å². The first-order valence-corrected chi connectivity index (χ1v) is 6.76. The largest absolute Gasteiger partial charge is 0.481 e. The summed E-state index contributed by atoms with van der Waals surface area (Å²) in [6.07, 6.45) is 4.53. The Bertz CT molecular complexity index is 388. The normalized spacial score (nSPS) is 37.2. The third-order valence-corrected chi connectivity index (χ3v) is 4.43. The Morgan fingerprint density at radius 2 is 1.94 bits per heavy atom. The number of aliphatic carboxylic acids is 1. The molecule has 1 N–H and O–H groups in total. The van der Waals surface area contributed by atoms with Crippen LogP contribution in [0.1, 0.15) is 39.0 Å². The van der Waals surface area contributed by atoms with Gasteiger partial charge in [0.05, 0.1) is 17.9 Å². The Hall–Kier alpha value is -1.10. The molecule has 3 atom stereocenters. The highest BCUT2D eigenvalue weighted by atomic mass is 16.5. The quantitative estimate of drug-likeness (QED) is 0.803. The second-order valence-corrected chi connectivity index (χ2v) is 5.82. The summed E-state index contributed by atoms with van der Waals surface area (Å²) in [6, 6.07) is 0. The fourth-order valence-electron chi connectivity index (χ4n) is 3.45. The molecule has 1 aliphatic heterocycles. The van der Waals surface area contributed by atoms with E-state index in [1.807, 2.05) is 11.8 Å². The monoisotopic (exact) mass is 253 g/mol. The van der Waals surface area contributed by atoms with Gasteiger partial charge >= 0.3 is 5.97 Å². The van der Waals surface area contributed by atoms with Crippen molar-refractivity contribution < 1.29 is 19.4 Å². The minimum Gasteiger partial charge on any atom is -0.481 e. The Kier molecular flexibility index (Phi) is 2.62. The van der Waals surface area contributed by atoms with Gasteiger partial charge in [0.1, 0.15) is 5.72 Å². The number of carboxylic acids is 1. The van der Waals surface area contributed by atoms with E-state index in [9.17, 15) is 9.59 Å². The first kappa shape index (κ1) is 12.0. The highest BCUT2D eigenvalue weighted by molar-refractivity contribution is 5.90. The van der Waals surface area contributed by atoms with E-state index in [-0.39, 0.29) is 17.9 Å². The van der Waals surface area contributed by atoms with Crippen LogP contribution in [-0.2, 0) is 14.3 Å². The summed E-state index contributed by atoms with van der Waals surface area (Å²) in [4.78, 5) is 25.1. The summed E-state index contributed by atoms with van der Waals surface area (Å²) in [7, 11) is 0. The maximum atomic E-state index is 12.4. The van der Waals surface area contributed by atoms with Crippen molar-refractivity contribution in [3.8, 4) is 0 Å². The average molecular weight is 253 g/mol. The fraction of sp³-hybridized carbons (Fsp3) is 0.846. The number of nitrogens with zero attached hydrogens (tertiary/aromatic N) is 1. The number of carbonyl (C=O) groups excluding carboxylic acids is 1. The Balaban J connectivity index is 1.75. The molecule has 5 heteroatoms. The molecule has 0 aromatic heterocycles. The van der Waals surface area contributed by atoms with Crippen molar-refractivity contribution in [1.29, 1.82) is 0 Å². The van der Waals surface area contributed by atoms with Gasteiger partial charge in [-0.15, -0.1) is 0 Å². The van der Waals surface area contributed by atoms with Crippen molar-refractivity contribution in [3.05, 3.63) is 0 Å². The number of ether oxygens (including phenoxy) is 1. The molecular weight excluding hydrogens is 234 g/mol. The molecule has 0 aromatic carbocycles. The molecule has 1 heterocycles. The highest BCUT2D eigenvalue weighted by Gasteiger charge is 2.56. The van der Waals surface area contributed by atoms with Gasteiger partial charge in [0.25, 0.3) is 0 Å². The lowest BCUT2D eigenvalue weighted by atomic mass is 10.1. The predicted molar refractivity (Wildman–Crippen MR) is 62.7 cm³/mol. The molecule has 1 amide bonds. The Labute approximate surface area is 106 Å². The van der Waals surface area contributed by atoms with Gasteiger partial charge in [-0.1, -0.05) is 0 Å². The maximum absolute atomic E-state index is 12.4. The molecule has 0 aromatic rings. The van der Waals surface area contributed by atoms with E-state index in [1.54, 1.807) is 0 Å². The molecule has 3 fully saturated rings. The number of carbonyl (C=O) groups is 2. The van der Waals surface area contributed by atoms with E-state index < -0.39 is 17.6 Å². The van der Waals surface area contributed by atoms with Crippen LogP contribution in [0.3, 0.4) is 0 Å². The minimum absolute atomic E-state index is 0.00588. The van der Waals surface area contributed by atoms with Crippen LogP contribution in [0.5, 0.6) is 0 Å². The molecule has 5 nitrogen and oxygen atoms in total. The zero-order valence-corrected chi connectivity index (χ0v) is 10.6. The average Bonchev–Trinajstić information content (AvgIpc) is 2.90. The molecule has 3 rings (SSSR count). The van der Waals surface area contributed by atoms with Gasteiger partial charge in [-0.25, -0.2) is 0 Å². The molecule has 1 saturated heterocycles. The van der Waals surface area contributed by atoms with Crippen LogP contribution in [0.4, 0.5) is 0 Å². The molecule has 100 valence electrons. The number of hydrogen-bond donors (Lipinski definition) is 1. The van der Waals surface area contributed by atoms with Gasteiger partial charge < -0.3 is 14.7 Å². The third-order valence-electron chi connectivity index (χ3n) is 4.43. The number of carboxylic acid groups (broad SMARTS) is 1. The maximum Gasteiger partial charge on any atom is 0.307 e. The van der Waals surface area contributed by atoms with Crippen LogP contribution >= 0.6 is 0 Å². The third kappa shape index (κ3) is 1.72. The van der Waals surface area contributed by atoms with Gasteiger partial charge in [-0.2, -0.15) is 0 Å². The minimum atomic E-state index is -0.845. The summed E-state index contributed by atoms with van der Waals surface area (Å²) in [5, 5.41) is 8.92. The predicted octanol–water partition coefficient (Wildman–Crippen LogP) is 1.22. The topological polar surface area (TPSA) is 66.8 Å². The van der Waals surface area contributed by atoms with E-state index in [0.29, 0.717) is 13.0 Å². The van der Waals surface area contributed by atoms with Crippen LogP contribution in [-0.4, -0.2) is 40.3 Å². The second-order valence-electron chi connectivity index (χ2n) is 5.82. The molecule has 3 aliphatic rings. The summed E-state index contributed by atoms with van der Waals surface area (Å²) in [5.41, 5.74) is -0.415. The first-order chi connectivity index (χ1) is 8.53. The molecule has 1 spiro atoms. The highest BCUT2D eigenvalue weighted by Crippen LogP contribution is 2.47. The molecule has 1 unspecified atom stereocenters. The van der Waals surface area contributed by atoms with Crippen LogP contribution < -0.4 is 0 Å². The molecular formula is C13H19NO4. The first-order valence-electron chi connectivity index (χ1n) is 6.76. The van der Waals surface area contributed by atoms with Crippen molar-refractivity contribution in [2.24, 2.45) is 11.8 Å². The Morgan fingerprint density at radius 3 is 2.50 bits per heavy atom. The molecule has 0 bridgehead atoms. The van der Waals surface area contributed by atoms with E-state index >= 15 is 0 Å². The van der Waals surface area contributed by atoms with Crippen LogP contribution in [0.2, 0.25) is 0 Å².